The Morgan fingerprint density at radius 1 is 0.690 bits per heavy atom. The zero-order valence-electron chi connectivity index (χ0n) is 15.7. The average Bonchev–Trinajstić information content (AvgIpc) is 3.10. The molecule has 3 aliphatic heterocycles. The maximum absolute atomic E-state index is 6.47. The van der Waals surface area contributed by atoms with Crippen LogP contribution in [0.25, 0.3) is 27.5 Å². The summed E-state index contributed by atoms with van der Waals surface area (Å²) in [6.07, 6.45) is 0. The monoisotopic (exact) mass is 371 g/mol. The van der Waals surface area contributed by atoms with E-state index < -0.39 is 0 Å². The number of hydrogen-bond acceptors (Lipinski definition) is 2. The number of rotatable bonds is 0. The first-order valence-electron chi connectivity index (χ1n) is 10.00. The molecule has 0 aliphatic carbocycles. The van der Waals surface area contributed by atoms with Crippen molar-refractivity contribution in [2.45, 2.75) is 6.92 Å². The molecule has 0 bridgehead atoms. The Bertz CT molecular complexity index is 1580. The molecule has 0 saturated heterocycles. The minimum Gasteiger partial charge on any atom is -0.458 e. The van der Waals surface area contributed by atoms with E-state index in [0.717, 1.165) is 28.5 Å². The van der Waals surface area contributed by atoms with E-state index >= 15 is 0 Å². The van der Waals surface area contributed by atoms with E-state index in [-0.39, 0.29) is 6.71 Å². The predicted molar refractivity (Wildman–Crippen MR) is 117 cm³/mol. The molecule has 134 valence electrons. The van der Waals surface area contributed by atoms with E-state index in [4.69, 9.17) is 9.47 Å². The molecule has 0 unspecified atom stereocenters. The van der Waals surface area contributed by atoms with E-state index in [2.05, 4.69) is 72.2 Å². The van der Waals surface area contributed by atoms with Gasteiger partial charge in [0, 0.05) is 21.9 Å². The van der Waals surface area contributed by atoms with Crippen molar-refractivity contribution in [3.63, 3.8) is 0 Å². The van der Waals surface area contributed by atoms with Crippen LogP contribution in [0.15, 0.2) is 66.7 Å². The van der Waals surface area contributed by atoms with Crippen LogP contribution in [0.4, 0.5) is 0 Å². The summed E-state index contributed by atoms with van der Waals surface area (Å²) >= 11 is 0. The molecular weight excluding hydrogens is 357 g/mol. The number of ether oxygens (including phenoxy) is 2. The summed E-state index contributed by atoms with van der Waals surface area (Å²) in [7, 11) is 0. The Balaban J connectivity index is 1.70. The van der Waals surface area contributed by atoms with Crippen molar-refractivity contribution in [1.29, 1.82) is 0 Å². The second-order valence-corrected chi connectivity index (χ2v) is 8.18. The molecular formula is C25H14BNO2. The first-order valence-corrected chi connectivity index (χ1v) is 10.00. The van der Waals surface area contributed by atoms with Crippen LogP contribution in [0.5, 0.6) is 23.0 Å². The van der Waals surface area contributed by atoms with Crippen LogP contribution in [-0.2, 0) is 0 Å². The Labute approximate surface area is 167 Å². The fourth-order valence-electron chi connectivity index (χ4n) is 5.64. The standard InChI is InChI=1S/C25H14BNO2/c1-13-9-11-17-21-25(13)29-19-8-4-7-18-22(19)26(21)23-20(28-18)12-10-15-14-5-2-3-6-16(14)27(17)24(15)23/h2-12H,1H3. The molecule has 0 N–H and O–H groups in total. The Morgan fingerprint density at radius 3 is 2.45 bits per heavy atom. The van der Waals surface area contributed by atoms with Gasteiger partial charge in [0.25, 0.3) is 6.71 Å². The van der Waals surface area contributed by atoms with Gasteiger partial charge in [0.05, 0.1) is 11.0 Å². The molecule has 3 nitrogen and oxygen atoms in total. The van der Waals surface area contributed by atoms with Gasteiger partial charge in [0.2, 0.25) is 0 Å². The summed E-state index contributed by atoms with van der Waals surface area (Å²) in [6, 6.07) is 23.6. The van der Waals surface area contributed by atoms with Crippen LogP contribution >= 0.6 is 0 Å². The average molecular weight is 371 g/mol. The molecule has 8 rings (SSSR count). The number of fused-ring (bicyclic) bond motifs is 4. The smallest absolute Gasteiger partial charge is 0.266 e. The molecule has 4 aromatic carbocycles. The van der Waals surface area contributed by atoms with Crippen molar-refractivity contribution in [3.8, 4) is 28.7 Å². The lowest BCUT2D eigenvalue weighted by Crippen LogP contribution is -2.60. The van der Waals surface area contributed by atoms with Crippen molar-refractivity contribution in [1.82, 2.24) is 4.57 Å². The highest BCUT2D eigenvalue weighted by Crippen LogP contribution is 2.43. The van der Waals surface area contributed by atoms with Crippen LogP contribution in [-0.4, -0.2) is 11.3 Å². The number of nitrogens with zero attached hydrogens (tertiary/aromatic N) is 1. The fourth-order valence-corrected chi connectivity index (χ4v) is 5.64. The molecule has 0 amide bonds. The number of benzene rings is 4. The second-order valence-electron chi connectivity index (χ2n) is 8.18. The number of aromatic nitrogens is 1. The van der Waals surface area contributed by atoms with Gasteiger partial charge >= 0.3 is 0 Å². The normalized spacial score (nSPS) is 14.2. The summed E-state index contributed by atoms with van der Waals surface area (Å²) in [5.41, 5.74) is 8.55. The van der Waals surface area contributed by atoms with Crippen molar-refractivity contribution in [2.24, 2.45) is 0 Å². The van der Waals surface area contributed by atoms with Crippen molar-refractivity contribution >= 4 is 44.9 Å². The first kappa shape index (κ1) is 14.4. The van der Waals surface area contributed by atoms with E-state index in [0.29, 0.717) is 0 Å². The van der Waals surface area contributed by atoms with Crippen LogP contribution < -0.4 is 25.9 Å². The molecule has 0 saturated carbocycles. The van der Waals surface area contributed by atoms with Gasteiger partial charge in [-0.1, -0.05) is 30.3 Å². The highest BCUT2D eigenvalue weighted by Gasteiger charge is 2.46. The van der Waals surface area contributed by atoms with E-state index in [9.17, 15) is 0 Å². The highest BCUT2D eigenvalue weighted by atomic mass is 16.5. The van der Waals surface area contributed by atoms with Gasteiger partial charge in [-0.15, -0.1) is 0 Å². The molecule has 0 atom stereocenters. The van der Waals surface area contributed by atoms with Gasteiger partial charge in [0.15, 0.2) is 0 Å². The zero-order chi connectivity index (χ0) is 18.9. The lowest BCUT2D eigenvalue weighted by molar-refractivity contribution is 0.462. The summed E-state index contributed by atoms with van der Waals surface area (Å²) in [5.74, 6) is 3.76. The molecule has 29 heavy (non-hydrogen) atoms. The van der Waals surface area contributed by atoms with Crippen LogP contribution in [0, 0.1) is 6.92 Å². The highest BCUT2D eigenvalue weighted by molar-refractivity contribution is 7.00. The topological polar surface area (TPSA) is 23.4 Å². The minimum absolute atomic E-state index is 0.143. The molecule has 4 heteroatoms. The third-order valence-electron chi connectivity index (χ3n) is 6.77. The Kier molecular flexibility index (Phi) is 2.22. The van der Waals surface area contributed by atoms with Crippen molar-refractivity contribution in [2.75, 3.05) is 0 Å². The SMILES string of the molecule is Cc1ccc2c3c1Oc1cccc4c1B3c1c(ccc3c5ccccc5n-2c13)O4. The maximum atomic E-state index is 6.47. The van der Waals surface area contributed by atoms with Crippen LogP contribution in [0.3, 0.4) is 0 Å². The quantitative estimate of drug-likeness (QED) is 0.374. The molecule has 0 radical (unpaired) electrons. The largest absolute Gasteiger partial charge is 0.458 e. The van der Waals surface area contributed by atoms with Crippen LogP contribution in [0.1, 0.15) is 5.56 Å². The number of aryl methyl sites for hydroxylation is 1. The molecule has 4 heterocycles. The van der Waals surface area contributed by atoms with Gasteiger partial charge in [-0.05, 0) is 59.8 Å². The van der Waals surface area contributed by atoms with Crippen molar-refractivity contribution in [3.05, 3.63) is 72.3 Å². The van der Waals surface area contributed by atoms with Crippen LogP contribution in [0.2, 0.25) is 0 Å². The third kappa shape index (κ3) is 1.46. The van der Waals surface area contributed by atoms with Gasteiger partial charge in [0.1, 0.15) is 23.0 Å². The number of hydrogen-bond donors (Lipinski definition) is 0. The summed E-state index contributed by atoms with van der Waals surface area (Å²) in [6.45, 7) is 2.28. The first-order chi connectivity index (χ1) is 14.3. The number of para-hydroxylation sites is 1. The van der Waals surface area contributed by atoms with Crippen molar-refractivity contribution < 1.29 is 9.47 Å². The predicted octanol–water partition coefficient (Wildman–Crippen LogP) is 4.13. The van der Waals surface area contributed by atoms with Gasteiger partial charge in [-0.2, -0.15) is 0 Å². The lowest BCUT2D eigenvalue weighted by Gasteiger charge is -2.37. The van der Waals surface area contributed by atoms with E-state index in [1.165, 1.54) is 44.0 Å². The molecule has 0 fully saturated rings. The summed E-state index contributed by atoms with van der Waals surface area (Å²) < 4.78 is 15.3. The van der Waals surface area contributed by atoms with E-state index in [1.54, 1.807) is 0 Å². The van der Waals surface area contributed by atoms with E-state index in [1.807, 2.05) is 6.07 Å². The third-order valence-corrected chi connectivity index (χ3v) is 6.77. The molecule has 1 aromatic heterocycles. The van der Waals surface area contributed by atoms with Gasteiger partial charge in [-0.25, -0.2) is 0 Å². The second kappa shape index (κ2) is 4.49. The molecule has 5 aromatic rings. The Hall–Kier alpha value is -3.66. The lowest BCUT2D eigenvalue weighted by atomic mass is 9.33. The molecule has 0 spiro atoms. The summed E-state index contributed by atoms with van der Waals surface area (Å²) in [5, 5.41) is 2.56. The molecule has 3 aliphatic rings. The maximum Gasteiger partial charge on any atom is 0.266 e. The van der Waals surface area contributed by atoms with Gasteiger partial charge in [-0.3, -0.25) is 0 Å². The minimum atomic E-state index is 0.143. The zero-order valence-corrected chi connectivity index (χ0v) is 15.7. The van der Waals surface area contributed by atoms with Gasteiger partial charge < -0.3 is 14.0 Å². The Morgan fingerprint density at radius 2 is 1.52 bits per heavy atom. The summed E-state index contributed by atoms with van der Waals surface area (Å²) in [4.78, 5) is 0. The fraction of sp³-hybridized carbons (Fsp3) is 0.0400.